The van der Waals surface area contributed by atoms with E-state index >= 15 is 0 Å². The number of nitrogens with one attached hydrogen (secondary N) is 1. The molecule has 0 bridgehead atoms. The predicted octanol–water partition coefficient (Wildman–Crippen LogP) is 4.91. The van der Waals surface area contributed by atoms with Gasteiger partial charge in [0.05, 0.1) is 17.0 Å². The topological polar surface area (TPSA) is 73.9 Å². The summed E-state index contributed by atoms with van der Waals surface area (Å²) >= 11 is 6.12. The van der Waals surface area contributed by atoms with Crippen LogP contribution in [-0.4, -0.2) is 30.5 Å². The van der Waals surface area contributed by atoms with Gasteiger partial charge in [0.2, 0.25) is 17.4 Å². The number of Topliss-reactive ketones (excluding diaryl/α,β-unsaturated/α-hetero) is 1. The molecule has 1 amide bonds. The zero-order valence-electron chi connectivity index (χ0n) is 17.9. The molecule has 0 saturated heterocycles. The molecule has 2 aromatic rings. The number of halogens is 1. The first-order chi connectivity index (χ1) is 15.5. The first-order valence-electron chi connectivity index (χ1n) is 10.9. The highest BCUT2D eigenvalue weighted by Crippen LogP contribution is 2.36. The highest BCUT2D eigenvalue weighted by atomic mass is 35.5. The lowest BCUT2D eigenvalue weighted by atomic mass is 9.80. The van der Waals surface area contributed by atoms with Crippen LogP contribution in [0.4, 0.5) is 5.69 Å². The van der Waals surface area contributed by atoms with E-state index in [1.807, 2.05) is 31.2 Å². The number of hydrogen-bond acceptors (Lipinski definition) is 5. The number of fused-ring (bicyclic) bond motifs is 1. The van der Waals surface area contributed by atoms with Crippen LogP contribution in [0.1, 0.15) is 31.7 Å². The van der Waals surface area contributed by atoms with Gasteiger partial charge in [-0.05, 0) is 43.0 Å². The third-order valence-corrected chi connectivity index (χ3v) is 6.16. The van der Waals surface area contributed by atoms with Crippen LogP contribution >= 0.6 is 11.6 Å². The Labute approximate surface area is 192 Å². The number of anilines is 1. The van der Waals surface area contributed by atoms with E-state index in [2.05, 4.69) is 5.32 Å². The Morgan fingerprint density at radius 2 is 1.94 bits per heavy atom. The SMILES string of the molecule is CCc1ccccc1NC(=O)COC1CCC2C(=O)C(Oc3ccccc3Cl)=COC2C1. The maximum atomic E-state index is 12.9. The maximum Gasteiger partial charge on any atom is 0.250 e. The zero-order valence-corrected chi connectivity index (χ0v) is 18.6. The molecule has 7 heteroatoms. The Bertz CT molecular complexity index is 1020. The summed E-state index contributed by atoms with van der Waals surface area (Å²) in [5, 5.41) is 3.34. The van der Waals surface area contributed by atoms with Gasteiger partial charge in [0.1, 0.15) is 24.7 Å². The van der Waals surface area contributed by atoms with E-state index in [0.29, 0.717) is 30.0 Å². The third kappa shape index (κ3) is 5.14. The van der Waals surface area contributed by atoms with Crippen molar-refractivity contribution in [2.45, 2.75) is 44.8 Å². The van der Waals surface area contributed by atoms with Crippen molar-refractivity contribution in [1.82, 2.24) is 0 Å². The summed E-state index contributed by atoms with van der Waals surface area (Å²) in [5.74, 6) is 0.0105. The van der Waals surface area contributed by atoms with E-state index in [0.717, 1.165) is 17.7 Å². The summed E-state index contributed by atoms with van der Waals surface area (Å²) < 4.78 is 17.3. The van der Waals surface area contributed by atoms with Crippen LogP contribution in [0.5, 0.6) is 5.75 Å². The van der Waals surface area contributed by atoms with E-state index < -0.39 is 0 Å². The molecule has 0 aromatic heterocycles. The quantitative estimate of drug-likeness (QED) is 0.641. The van der Waals surface area contributed by atoms with Gasteiger partial charge in [-0.2, -0.15) is 0 Å². The molecule has 168 valence electrons. The van der Waals surface area contributed by atoms with Crippen molar-refractivity contribution < 1.29 is 23.8 Å². The molecule has 1 fully saturated rings. The largest absolute Gasteiger partial charge is 0.493 e. The molecule has 1 aliphatic heterocycles. The number of ether oxygens (including phenoxy) is 3. The standard InChI is InChI=1S/C25H26ClNO5/c1-2-16-7-3-5-9-20(16)27-24(28)15-30-17-11-12-18-22(13-17)31-14-23(25(18)29)32-21-10-6-4-8-19(21)26/h3-10,14,17-18,22H,2,11-13,15H2,1H3,(H,27,28). The van der Waals surface area contributed by atoms with Crippen molar-refractivity contribution in [1.29, 1.82) is 0 Å². The minimum Gasteiger partial charge on any atom is -0.493 e. The fraction of sp³-hybridized carbons (Fsp3) is 0.360. The lowest BCUT2D eigenvalue weighted by Gasteiger charge is -2.37. The fourth-order valence-electron chi connectivity index (χ4n) is 4.13. The molecule has 2 aromatic carbocycles. The van der Waals surface area contributed by atoms with E-state index in [1.165, 1.54) is 6.26 Å². The summed E-state index contributed by atoms with van der Waals surface area (Å²) in [6.07, 6.45) is 3.60. The molecule has 0 radical (unpaired) electrons. The van der Waals surface area contributed by atoms with Crippen molar-refractivity contribution in [3.63, 3.8) is 0 Å². The van der Waals surface area contributed by atoms with Gasteiger partial charge in [0, 0.05) is 12.1 Å². The molecule has 1 N–H and O–H groups in total. The Morgan fingerprint density at radius 3 is 2.75 bits per heavy atom. The van der Waals surface area contributed by atoms with Crippen LogP contribution in [0, 0.1) is 5.92 Å². The number of allylic oxidation sites excluding steroid dienone is 1. The van der Waals surface area contributed by atoms with Gasteiger partial charge in [-0.15, -0.1) is 0 Å². The Kier molecular flexibility index (Phi) is 7.12. The van der Waals surface area contributed by atoms with Crippen molar-refractivity contribution in [2.75, 3.05) is 11.9 Å². The number of ketones is 1. The highest BCUT2D eigenvalue weighted by molar-refractivity contribution is 6.32. The van der Waals surface area contributed by atoms with E-state index in [9.17, 15) is 9.59 Å². The molecule has 32 heavy (non-hydrogen) atoms. The smallest absolute Gasteiger partial charge is 0.250 e. The molecule has 1 saturated carbocycles. The van der Waals surface area contributed by atoms with Crippen LogP contribution in [0.2, 0.25) is 5.02 Å². The van der Waals surface area contributed by atoms with Crippen LogP contribution in [0.25, 0.3) is 0 Å². The average Bonchev–Trinajstić information content (AvgIpc) is 2.81. The number of amides is 1. The second kappa shape index (κ2) is 10.2. The number of aryl methyl sites for hydroxylation is 1. The minimum absolute atomic E-state index is 0.0369. The van der Waals surface area contributed by atoms with Gasteiger partial charge >= 0.3 is 0 Å². The molecule has 2 aliphatic rings. The molecule has 3 atom stereocenters. The van der Waals surface area contributed by atoms with Crippen molar-refractivity contribution in [3.8, 4) is 5.75 Å². The number of hydrogen-bond donors (Lipinski definition) is 1. The second-order valence-electron chi connectivity index (χ2n) is 7.96. The molecule has 0 spiro atoms. The van der Waals surface area contributed by atoms with E-state index in [-0.39, 0.29) is 42.2 Å². The molecule has 6 nitrogen and oxygen atoms in total. The predicted molar refractivity (Wildman–Crippen MR) is 122 cm³/mol. The minimum atomic E-state index is -0.289. The normalized spacial score (nSPS) is 22.4. The first kappa shape index (κ1) is 22.4. The van der Waals surface area contributed by atoms with E-state index in [4.69, 9.17) is 25.8 Å². The highest BCUT2D eigenvalue weighted by Gasteiger charge is 2.41. The summed E-state index contributed by atoms with van der Waals surface area (Å²) in [5.41, 5.74) is 1.89. The second-order valence-corrected chi connectivity index (χ2v) is 8.37. The molecular weight excluding hydrogens is 430 g/mol. The zero-order chi connectivity index (χ0) is 22.5. The summed E-state index contributed by atoms with van der Waals surface area (Å²) in [4.78, 5) is 25.2. The third-order valence-electron chi connectivity index (χ3n) is 5.85. The Balaban J connectivity index is 1.30. The molecule has 1 aliphatic carbocycles. The number of benzene rings is 2. The van der Waals surface area contributed by atoms with Crippen LogP contribution in [0.3, 0.4) is 0 Å². The van der Waals surface area contributed by atoms with Crippen LogP contribution in [-0.2, 0) is 25.5 Å². The average molecular weight is 456 g/mol. The molecular formula is C25H26ClNO5. The van der Waals surface area contributed by atoms with Crippen LogP contribution < -0.4 is 10.1 Å². The number of para-hydroxylation sites is 2. The van der Waals surface area contributed by atoms with E-state index in [1.54, 1.807) is 24.3 Å². The van der Waals surface area contributed by atoms with Gasteiger partial charge in [-0.3, -0.25) is 9.59 Å². The van der Waals surface area contributed by atoms with Crippen molar-refractivity contribution >= 4 is 29.0 Å². The van der Waals surface area contributed by atoms with Crippen molar-refractivity contribution in [3.05, 3.63) is 71.1 Å². The summed E-state index contributed by atoms with van der Waals surface area (Å²) in [7, 11) is 0. The van der Waals surface area contributed by atoms with Gasteiger partial charge < -0.3 is 19.5 Å². The summed E-state index contributed by atoms with van der Waals surface area (Å²) in [6, 6.07) is 14.7. The molecule has 4 rings (SSSR count). The lowest BCUT2D eigenvalue weighted by Crippen LogP contribution is -2.43. The van der Waals surface area contributed by atoms with Gasteiger partial charge in [-0.25, -0.2) is 0 Å². The van der Waals surface area contributed by atoms with Gasteiger partial charge in [-0.1, -0.05) is 48.9 Å². The monoisotopic (exact) mass is 455 g/mol. The first-order valence-corrected chi connectivity index (χ1v) is 11.2. The number of carbonyl (C=O) groups excluding carboxylic acids is 2. The number of rotatable bonds is 7. The Hall–Kier alpha value is -2.83. The number of carbonyl (C=O) groups is 2. The fourth-order valence-corrected chi connectivity index (χ4v) is 4.31. The van der Waals surface area contributed by atoms with Crippen molar-refractivity contribution in [2.24, 2.45) is 5.92 Å². The Morgan fingerprint density at radius 1 is 1.16 bits per heavy atom. The maximum absolute atomic E-state index is 12.9. The van der Waals surface area contributed by atoms with Gasteiger partial charge in [0.25, 0.3) is 0 Å². The van der Waals surface area contributed by atoms with Crippen LogP contribution in [0.15, 0.2) is 60.6 Å². The summed E-state index contributed by atoms with van der Waals surface area (Å²) in [6.45, 7) is 2.01. The lowest BCUT2D eigenvalue weighted by molar-refractivity contribution is -0.136. The van der Waals surface area contributed by atoms with Gasteiger partial charge in [0.15, 0.2) is 0 Å². The molecule has 1 heterocycles. The molecule has 3 unspecified atom stereocenters.